The molecule has 3 aromatic carbocycles. The maximum Gasteiger partial charge on any atom is 0.333 e. The molecule has 3 aromatic rings. The second kappa shape index (κ2) is 9.74. The molecule has 30 heavy (non-hydrogen) atoms. The molecule has 5 heteroatoms. The van der Waals surface area contributed by atoms with Crippen LogP contribution in [0.4, 0.5) is 0 Å². The van der Waals surface area contributed by atoms with E-state index in [1.165, 1.54) is 7.11 Å². The SMILES string of the molecule is COC(=O)[C@H](c1ccccc1)N(C(=O)c1ccccc1)[C@H](C)c1cccc(OC)c1. The molecule has 0 unspecified atom stereocenters. The highest BCUT2D eigenvalue weighted by Gasteiger charge is 2.36. The third-order valence-corrected chi connectivity index (χ3v) is 5.07. The Kier molecular flexibility index (Phi) is 6.86. The van der Waals surface area contributed by atoms with Gasteiger partial charge in [0.05, 0.1) is 20.3 Å². The first-order valence-electron chi connectivity index (χ1n) is 9.71. The van der Waals surface area contributed by atoms with Crippen LogP contribution in [0.1, 0.15) is 40.5 Å². The first-order chi connectivity index (χ1) is 14.6. The molecule has 2 atom stereocenters. The summed E-state index contributed by atoms with van der Waals surface area (Å²) in [7, 11) is 2.93. The Morgan fingerprint density at radius 1 is 0.800 bits per heavy atom. The Morgan fingerprint density at radius 2 is 1.40 bits per heavy atom. The van der Waals surface area contributed by atoms with E-state index in [1.54, 1.807) is 36.3 Å². The largest absolute Gasteiger partial charge is 0.497 e. The van der Waals surface area contributed by atoms with E-state index < -0.39 is 18.1 Å². The molecule has 0 spiro atoms. The van der Waals surface area contributed by atoms with Crippen LogP contribution in [0.2, 0.25) is 0 Å². The molecule has 154 valence electrons. The van der Waals surface area contributed by atoms with Crippen molar-refractivity contribution < 1.29 is 19.1 Å². The first-order valence-corrected chi connectivity index (χ1v) is 9.71. The fraction of sp³-hybridized carbons (Fsp3) is 0.200. The zero-order valence-electron chi connectivity index (χ0n) is 17.3. The van der Waals surface area contributed by atoms with Gasteiger partial charge in [-0.25, -0.2) is 4.79 Å². The number of rotatable bonds is 7. The van der Waals surface area contributed by atoms with Crippen LogP contribution in [0.5, 0.6) is 5.75 Å². The van der Waals surface area contributed by atoms with Gasteiger partial charge in [-0.1, -0.05) is 60.7 Å². The number of ether oxygens (including phenoxy) is 2. The van der Waals surface area contributed by atoms with E-state index in [1.807, 2.05) is 67.6 Å². The maximum absolute atomic E-state index is 13.6. The van der Waals surface area contributed by atoms with Gasteiger partial charge in [0.25, 0.3) is 5.91 Å². The van der Waals surface area contributed by atoms with Crippen molar-refractivity contribution in [3.63, 3.8) is 0 Å². The number of amides is 1. The van der Waals surface area contributed by atoms with Crippen LogP contribution in [-0.2, 0) is 9.53 Å². The summed E-state index contributed by atoms with van der Waals surface area (Å²) < 4.78 is 10.5. The van der Waals surface area contributed by atoms with E-state index in [4.69, 9.17) is 9.47 Å². The normalized spacial score (nSPS) is 12.5. The van der Waals surface area contributed by atoms with E-state index in [-0.39, 0.29) is 5.91 Å². The van der Waals surface area contributed by atoms with Crippen molar-refractivity contribution in [3.8, 4) is 5.75 Å². The molecule has 0 aromatic heterocycles. The van der Waals surface area contributed by atoms with Crippen molar-refractivity contribution in [3.05, 3.63) is 102 Å². The zero-order valence-corrected chi connectivity index (χ0v) is 17.3. The molecule has 0 aliphatic rings. The number of nitrogens with zero attached hydrogens (tertiary/aromatic N) is 1. The van der Waals surface area contributed by atoms with Crippen LogP contribution in [0, 0.1) is 0 Å². The van der Waals surface area contributed by atoms with E-state index >= 15 is 0 Å². The molecular weight excluding hydrogens is 378 g/mol. The molecular formula is C25H25NO4. The minimum absolute atomic E-state index is 0.259. The summed E-state index contributed by atoms with van der Waals surface area (Å²) in [4.78, 5) is 28.1. The van der Waals surface area contributed by atoms with Crippen LogP contribution in [0.3, 0.4) is 0 Å². The van der Waals surface area contributed by atoms with Gasteiger partial charge >= 0.3 is 5.97 Å². The Labute approximate surface area is 176 Å². The minimum atomic E-state index is -0.898. The number of benzene rings is 3. The Hall–Kier alpha value is -3.60. The number of methoxy groups -OCH3 is 2. The second-order valence-corrected chi connectivity index (χ2v) is 6.87. The topological polar surface area (TPSA) is 55.8 Å². The molecule has 0 aliphatic heterocycles. The zero-order chi connectivity index (χ0) is 21.5. The number of hydrogen-bond acceptors (Lipinski definition) is 4. The quantitative estimate of drug-likeness (QED) is 0.531. The highest BCUT2D eigenvalue weighted by molar-refractivity contribution is 5.97. The maximum atomic E-state index is 13.6. The molecule has 0 N–H and O–H groups in total. The summed E-state index contributed by atoms with van der Waals surface area (Å²) in [5.74, 6) is -0.0776. The van der Waals surface area contributed by atoms with Gasteiger partial charge < -0.3 is 14.4 Å². The van der Waals surface area contributed by atoms with Gasteiger partial charge in [-0.2, -0.15) is 0 Å². The molecule has 0 aliphatic carbocycles. The van der Waals surface area contributed by atoms with Gasteiger partial charge in [0, 0.05) is 5.56 Å². The fourth-order valence-corrected chi connectivity index (χ4v) is 3.47. The summed E-state index contributed by atoms with van der Waals surface area (Å²) in [6, 6.07) is 24.3. The first kappa shape index (κ1) is 21.1. The highest BCUT2D eigenvalue weighted by atomic mass is 16.5. The van der Waals surface area contributed by atoms with Crippen molar-refractivity contribution in [1.82, 2.24) is 4.90 Å². The smallest absolute Gasteiger partial charge is 0.333 e. The van der Waals surface area contributed by atoms with Gasteiger partial charge in [-0.05, 0) is 42.3 Å². The second-order valence-electron chi connectivity index (χ2n) is 6.87. The molecule has 0 saturated heterocycles. The van der Waals surface area contributed by atoms with Crippen LogP contribution in [0.25, 0.3) is 0 Å². The predicted octanol–water partition coefficient (Wildman–Crippen LogP) is 4.81. The molecule has 1 amide bonds. The van der Waals surface area contributed by atoms with Crippen LogP contribution < -0.4 is 4.74 Å². The van der Waals surface area contributed by atoms with Gasteiger partial charge in [-0.3, -0.25) is 4.79 Å². The van der Waals surface area contributed by atoms with Crippen LogP contribution in [-0.4, -0.2) is 31.0 Å². The molecule has 5 nitrogen and oxygen atoms in total. The number of carbonyl (C=O) groups excluding carboxylic acids is 2. The third kappa shape index (κ3) is 4.51. The average molecular weight is 403 g/mol. The summed E-state index contributed by atoms with van der Waals surface area (Å²) in [5.41, 5.74) is 2.03. The summed E-state index contributed by atoms with van der Waals surface area (Å²) >= 11 is 0. The van der Waals surface area contributed by atoms with Crippen LogP contribution in [0.15, 0.2) is 84.9 Å². The Morgan fingerprint density at radius 3 is 2.00 bits per heavy atom. The van der Waals surface area contributed by atoms with Gasteiger partial charge in [-0.15, -0.1) is 0 Å². The van der Waals surface area contributed by atoms with Crippen molar-refractivity contribution in [2.75, 3.05) is 14.2 Å². The number of carbonyl (C=O) groups is 2. The van der Waals surface area contributed by atoms with Gasteiger partial charge in [0.1, 0.15) is 5.75 Å². The van der Waals surface area contributed by atoms with Crippen molar-refractivity contribution >= 4 is 11.9 Å². The summed E-state index contributed by atoms with van der Waals surface area (Å²) in [6.45, 7) is 1.90. The third-order valence-electron chi connectivity index (χ3n) is 5.07. The molecule has 0 bridgehead atoms. The lowest BCUT2D eigenvalue weighted by Crippen LogP contribution is -2.41. The fourth-order valence-electron chi connectivity index (χ4n) is 3.47. The van der Waals surface area contributed by atoms with Crippen molar-refractivity contribution in [2.24, 2.45) is 0 Å². The molecule has 0 saturated carbocycles. The van der Waals surface area contributed by atoms with Crippen LogP contribution >= 0.6 is 0 Å². The lowest BCUT2D eigenvalue weighted by atomic mass is 9.98. The lowest BCUT2D eigenvalue weighted by molar-refractivity contribution is -0.147. The summed E-state index contributed by atoms with van der Waals surface area (Å²) in [6.07, 6.45) is 0. The lowest BCUT2D eigenvalue weighted by Gasteiger charge is -2.35. The van der Waals surface area contributed by atoms with Gasteiger partial charge in [0.15, 0.2) is 6.04 Å². The van der Waals surface area contributed by atoms with E-state index in [0.717, 1.165) is 5.56 Å². The average Bonchev–Trinajstić information content (AvgIpc) is 2.82. The minimum Gasteiger partial charge on any atom is -0.497 e. The number of hydrogen-bond donors (Lipinski definition) is 0. The predicted molar refractivity (Wildman–Crippen MR) is 115 cm³/mol. The Balaban J connectivity index is 2.14. The molecule has 3 rings (SSSR count). The van der Waals surface area contributed by atoms with Crippen molar-refractivity contribution in [2.45, 2.75) is 19.0 Å². The van der Waals surface area contributed by atoms with Crippen molar-refractivity contribution in [1.29, 1.82) is 0 Å². The van der Waals surface area contributed by atoms with E-state index in [2.05, 4.69) is 0 Å². The molecule has 0 heterocycles. The molecule has 0 fully saturated rings. The number of esters is 1. The Bertz CT molecular complexity index is 988. The monoisotopic (exact) mass is 403 g/mol. The summed E-state index contributed by atoms with van der Waals surface area (Å²) in [5, 5.41) is 0. The molecule has 0 radical (unpaired) electrons. The highest BCUT2D eigenvalue weighted by Crippen LogP contribution is 2.34. The van der Waals surface area contributed by atoms with Gasteiger partial charge in [0.2, 0.25) is 0 Å². The van der Waals surface area contributed by atoms with E-state index in [0.29, 0.717) is 16.9 Å². The van der Waals surface area contributed by atoms with E-state index in [9.17, 15) is 9.59 Å². The standard InChI is InChI=1S/C25H25NO4/c1-18(21-15-10-16-22(17-21)29-2)26(24(27)20-13-8-5-9-14-20)23(25(28)30-3)19-11-6-4-7-12-19/h4-18,23H,1-3H3/t18-,23+/m1/s1.